The summed E-state index contributed by atoms with van der Waals surface area (Å²) in [5.74, 6) is 0. The van der Waals surface area contributed by atoms with E-state index in [1.54, 1.807) is 0 Å². The Morgan fingerprint density at radius 2 is 0.571 bits per heavy atom. The van der Waals surface area contributed by atoms with Crippen molar-refractivity contribution in [3.05, 3.63) is 206 Å². The third-order valence-electron chi connectivity index (χ3n) is 11.8. The minimum Gasteiger partial charge on any atom is -0.309 e. The first-order valence-corrected chi connectivity index (χ1v) is 19.3. The Balaban J connectivity index is 1.33. The van der Waals surface area contributed by atoms with Crippen LogP contribution in [0.1, 0.15) is 0 Å². The van der Waals surface area contributed by atoms with Gasteiger partial charge in [-0.15, -0.1) is 0 Å². The Morgan fingerprint density at radius 3 is 1.04 bits per heavy atom. The fraction of sp³-hybridized carbons (Fsp3) is 0. The molecular weight excluding hydrogens is 677 g/mol. The average molecular weight is 711 g/mol. The van der Waals surface area contributed by atoms with E-state index in [4.69, 9.17) is 0 Å². The van der Waals surface area contributed by atoms with Crippen molar-refractivity contribution in [1.29, 1.82) is 0 Å². The van der Waals surface area contributed by atoms with Crippen molar-refractivity contribution in [2.24, 2.45) is 0 Å². The molecule has 0 amide bonds. The van der Waals surface area contributed by atoms with Gasteiger partial charge < -0.3 is 8.80 Å². The second-order valence-electron chi connectivity index (χ2n) is 15.0. The highest BCUT2D eigenvalue weighted by atomic mass is 14.9. The van der Waals surface area contributed by atoms with Crippen LogP contribution in [0.15, 0.2) is 206 Å². The zero-order chi connectivity index (χ0) is 36.7. The quantitative estimate of drug-likeness (QED) is 0.173. The van der Waals surface area contributed by atoms with Crippen molar-refractivity contribution in [3.8, 4) is 33.4 Å². The van der Waals surface area contributed by atoms with Crippen LogP contribution < -0.4 is 0 Å². The highest BCUT2D eigenvalue weighted by Crippen LogP contribution is 2.39. The van der Waals surface area contributed by atoms with Crippen LogP contribution in [-0.4, -0.2) is 8.80 Å². The van der Waals surface area contributed by atoms with Gasteiger partial charge in [0.1, 0.15) is 0 Å². The maximum Gasteiger partial charge on any atom is 0.0547 e. The molecule has 6 bridgehead atoms. The molecule has 0 saturated heterocycles. The van der Waals surface area contributed by atoms with E-state index < -0.39 is 0 Å². The lowest BCUT2D eigenvalue weighted by Gasteiger charge is -2.13. The largest absolute Gasteiger partial charge is 0.309 e. The fourth-order valence-electron chi connectivity index (χ4n) is 9.23. The van der Waals surface area contributed by atoms with Crippen molar-refractivity contribution in [2.45, 2.75) is 0 Å². The van der Waals surface area contributed by atoms with Crippen molar-refractivity contribution < 1.29 is 0 Å². The predicted octanol–water partition coefficient (Wildman–Crippen LogP) is 14.7. The summed E-state index contributed by atoms with van der Waals surface area (Å²) in [5.41, 5.74) is 14.1. The molecule has 9 aromatic carbocycles. The summed E-state index contributed by atoms with van der Waals surface area (Å²) in [4.78, 5) is 0. The molecule has 2 nitrogen and oxygen atoms in total. The summed E-state index contributed by atoms with van der Waals surface area (Å²) in [7, 11) is 0. The van der Waals surface area contributed by atoms with Gasteiger partial charge in [-0.05, 0) is 116 Å². The minimum atomic E-state index is 1.13. The summed E-state index contributed by atoms with van der Waals surface area (Å²) < 4.78 is 4.97. The van der Waals surface area contributed by atoms with E-state index in [2.05, 4.69) is 215 Å². The van der Waals surface area contributed by atoms with Gasteiger partial charge in [-0.3, -0.25) is 0 Å². The van der Waals surface area contributed by atoms with E-state index in [-0.39, 0.29) is 0 Å². The molecule has 0 aliphatic rings. The molecule has 0 spiro atoms. The number of hydrogen-bond acceptors (Lipinski definition) is 0. The molecule has 3 aromatic heterocycles. The highest BCUT2D eigenvalue weighted by Gasteiger charge is 2.15. The second-order valence-corrected chi connectivity index (χ2v) is 15.0. The van der Waals surface area contributed by atoms with E-state index in [1.165, 1.54) is 93.0 Å². The Labute approximate surface area is 323 Å². The van der Waals surface area contributed by atoms with Gasteiger partial charge in [0.15, 0.2) is 0 Å². The molecule has 12 rings (SSSR count). The molecule has 0 N–H and O–H groups in total. The highest BCUT2D eigenvalue weighted by molar-refractivity contribution is 6.16. The van der Waals surface area contributed by atoms with Crippen LogP contribution in [0.4, 0.5) is 0 Å². The predicted molar refractivity (Wildman–Crippen MR) is 239 cm³/mol. The Bertz CT molecular complexity index is 3340. The van der Waals surface area contributed by atoms with Crippen LogP contribution in [-0.2, 0) is 0 Å². The van der Waals surface area contributed by atoms with Gasteiger partial charge in [-0.25, -0.2) is 0 Å². The van der Waals surface area contributed by atoms with Crippen LogP contribution in [0, 0.1) is 0 Å². The molecule has 0 unspecified atom stereocenters. The third-order valence-corrected chi connectivity index (χ3v) is 11.8. The lowest BCUT2D eigenvalue weighted by atomic mass is 9.93. The van der Waals surface area contributed by atoms with E-state index in [0.717, 1.165) is 16.6 Å². The minimum absolute atomic E-state index is 1.13. The van der Waals surface area contributed by atoms with E-state index in [0.29, 0.717) is 0 Å². The number of aromatic nitrogens is 2. The molecule has 0 aliphatic carbocycles. The lowest BCUT2D eigenvalue weighted by Crippen LogP contribution is -1.91. The van der Waals surface area contributed by atoms with Gasteiger partial charge in [-0.1, -0.05) is 146 Å². The number of nitrogens with zero attached hydrogens (tertiary/aromatic N) is 2. The molecule has 0 aliphatic heterocycles. The Kier molecular flexibility index (Phi) is 6.66. The smallest absolute Gasteiger partial charge is 0.0547 e. The Morgan fingerprint density at radius 1 is 0.214 bits per heavy atom. The van der Waals surface area contributed by atoms with Crippen LogP contribution in [0.25, 0.3) is 110 Å². The monoisotopic (exact) mass is 710 g/mol. The maximum atomic E-state index is 2.49. The van der Waals surface area contributed by atoms with Crippen LogP contribution in [0.2, 0.25) is 0 Å². The first-order chi connectivity index (χ1) is 27.7. The summed E-state index contributed by atoms with van der Waals surface area (Å²) in [6.45, 7) is 0. The third kappa shape index (κ3) is 4.69. The van der Waals surface area contributed by atoms with Gasteiger partial charge in [0.25, 0.3) is 0 Å². The van der Waals surface area contributed by atoms with E-state index in [9.17, 15) is 0 Å². The summed E-state index contributed by atoms with van der Waals surface area (Å²) in [6, 6.07) is 76.4. The average Bonchev–Trinajstić information content (AvgIpc) is 3.78. The fourth-order valence-corrected chi connectivity index (χ4v) is 9.23. The summed E-state index contributed by atoms with van der Waals surface area (Å²) in [6.07, 6.45) is 0. The number of fused-ring (bicyclic) bond motifs is 15. The maximum absolute atomic E-state index is 2.49. The number of para-hydroxylation sites is 2. The normalized spacial score (nSPS) is 11.9. The zero-order valence-electron chi connectivity index (χ0n) is 30.5. The molecule has 2 heteroatoms. The topological polar surface area (TPSA) is 8.82 Å². The summed E-state index contributed by atoms with van der Waals surface area (Å²) in [5, 5.41) is 9.85. The standard InChI is InChI=1S/C54H34N2/c1-3-13-35(14-4-1)39-27-40(36-15-5-2-6-16-36)29-41(28-39)42-30-43-34-44(31-42)56-52-22-12-10-20-48(52)50-26-24-38(33-54(50)56)46-18-8-7-17-45(46)37-23-25-49-47-19-9-11-21-51(47)55(43)53(49)32-37/h1-34H. The zero-order valence-corrected chi connectivity index (χ0v) is 30.5. The molecular formula is C54H34N2. The SMILES string of the molecule is c1ccc(-c2cc(-c3ccccc3)cc(-c3cc4cc(c3)n3c5ccccc5c5ccc(cc53)c3ccccc3c3ccc5c6ccccc6n4c5c3)c2)cc1. The van der Waals surface area contributed by atoms with E-state index >= 15 is 0 Å². The Hall–Kier alpha value is -7.42. The van der Waals surface area contributed by atoms with Crippen molar-refractivity contribution in [2.75, 3.05) is 0 Å². The molecule has 3 heterocycles. The summed E-state index contributed by atoms with van der Waals surface area (Å²) >= 11 is 0. The van der Waals surface area contributed by atoms with Crippen LogP contribution in [0.3, 0.4) is 0 Å². The number of rotatable bonds is 3. The van der Waals surface area contributed by atoms with Gasteiger partial charge in [0.05, 0.1) is 22.1 Å². The van der Waals surface area contributed by atoms with Crippen molar-refractivity contribution in [3.63, 3.8) is 0 Å². The molecule has 0 radical (unpaired) electrons. The van der Waals surface area contributed by atoms with Gasteiger partial charge in [0, 0.05) is 32.6 Å². The number of benzene rings is 9. The molecule has 56 heavy (non-hydrogen) atoms. The first-order valence-electron chi connectivity index (χ1n) is 19.3. The van der Waals surface area contributed by atoms with Gasteiger partial charge in [0.2, 0.25) is 0 Å². The van der Waals surface area contributed by atoms with Gasteiger partial charge >= 0.3 is 0 Å². The lowest BCUT2D eigenvalue weighted by molar-refractivity contribution is 1.31. The van der Waals surface area contributed by atoms with Crippen LogP contribution in [0.5, 0.6) is 0 Å². The van der Waals surface area contributed by atoms with Crippen molar-refractivity contribution in [1.82, 2.24) is 8.80 Å². The molecule has 0 saturated carbocycles. The number of hydrogen-bond donors (Lipinski definition) is 0. The van der Waals surface area contributed by atoms with Crippen LogP contribution >= 0.6 is 0 Å². The van der Waals surface area contributed by atoms with Gasteiger partial charge in [-0.2, -0.15) is 0 Å². The van der Waals surface area contributed by atoms with E-state index in [1.807, 2.05) is 0 Å². The molecule has 0 fully saturated rings. The first kappa shape index (κ1) is 31.0. The molecule has 0 atom stereocenters. The van der Waals surface area contributed by atoms with Crippen molar-refractivity contribution >= 4 is 76.2 Å². The molecule has 260 valence electrons. The second kappa shape index (κ2) is 12.0. The molecule has 12 aromatic rings.